The number of nitrogens with zero attached hydrogens (tertiary/aromatic N) is 2. The van der Waals surface area contributed by atoms with E-state index in [4.69, 9.17) is 9.15 Å². The summed E-state index contributed by atoms with van der Waals surface area (Å²) in [7, 11) is 0. The van der Waals surface area contributed by atoms with Crippen LogP contribution in [0.3, 0.4) is 0 Å². The molecule has 2 aliphatic heterocycles. The van der Waals surface area contributed by atoms with Gasteiger partial charge in [0.25, 0.3) is 5.91 Å². The predicted molar refractivity (Wildman–Crippen MR) is 70.2 cm³/mol. The molecule has 20 heavy (non-hydrogen) atoms. The highest BCUT2D eigenvalue weighted by atomic mass is 16.5. The van der Waals surface area contributed by atoms with Gasteiger partial charge in [-0.05, 0) is 25.0 Å². The number of likely N-dealkylation sites (tertiary alicyclic amines) is 1. The first-order valence-corrected chi connectivity index (χ1v) is 6.98. The minimum absolute atomic E-state index is 0.0331. The summed E-state index contributed by atoms with van der Waals surface area (Å²) < 4.78 is 10.4. The quantitative estimate of drug-likeness (QED) is 0.800. The fourth-order valence-corrected chi connectivity index (χ4v) is 2.80. The van der Waals surface area contributed by atoms with E-state index in [0.717, 1.165) is 12.8 Å². The highest BCUT2D eigenvalue weighted by Crippen LogP contribution is 2.22. The molecule has 1 aromatic rings. The molecule has 1 aromatic heterocycles. The van der Waals surface area contributed by atoms with E-state index in [2.05, 4.69) is 0 Å². The maximum absolute atomic E-state index is 12.5. The van der Waals surface area contributed by atoms with Crippen molar-refractivity contribution >= 4 is 11.8 Å². The van der Waals surface area contributed by atoms with Crippen LogP contribution in [0, 0.1) is 0 Å². The molecule has 6 heteroatoms. The smallest absolute Gasteiger partial charge is 0.290 e. The van der Waals surface area contributed by atoms with Crippen LogP contribution in [0.15, 0.2) is 22.8 Å². The molecule has 2 amide bonds. The molecule has 0 spiro atoms. The lowest BCUT2D eigenvalue weighted by molar-refractivity contribution is -0.139. The number of carbonyl (C=O) groups is 2. The Morgan fingerprint density at radius 1 is 1.20 bits per heavy atom. The summed E-state index contributed by atoms with van der Waals surface area (Å²) in [5.41, 5.74) is 0. The zero-order valence-electron chi connectivity index (χ0n) is 11.3. The number of carbonyl (C=O) groups excluding carboxylic acids is 2. The van der Waals surface area contributed by atoms with Crippen LogP contribution in [0.25, 0.3) is 0 Å². The van der Waals surface area contributed by atoms with Gasteiger partial charge in [-0.3, -0.25) is 9.59 Å². The Hall–Kier alpha value is -1.82. The Labute approximate surface area is 117 Å². The Morgan fingerprint density at radius 3 is 2.70 bits per heavy atom. The van der Waals surface area contributed by atoms with E-state index in [1.165, 1.54) is 6.26 Å². The number of ether oxygens (including phenoxy) is 1. The second-order valence-corrected chi connectivity index (χ2v) is 5.07. The van der Waals surface area contributed by atoms with Crippen LogP contribution < -0.4 is 0 Å². The largest absolute Gasteiger partial charge is 0.459 e. The lowest BCUT2D eigenvalue weighted by Gasteiger charge is -2.32. The maximum Gasteiger partial charge on any atom is 0.290 e. The van der Waals surface area contributed by atoms with E-state index in [-0.39, 0.29) is 17.9 Å². The van der Waals surface area contributed by atoms with Crippen molar-refractivity contribution in [2.24, 2.45) is 0 Å². The molecule has 0 aliphatic carbocycles. The van der Waals surface area contributed by atoms with Gasteiger partial charge >= 0.3 is 0 Å². The zero-order valence-corrected chi connectivity index (χ0v) is 11.3. The highest BCUT2D eigenvalue weighted by molar-refractivity contribution is 5.96. The molecule has 0 unspecified atom stereocenters. The molecule has 1 atom stereocenters. The average Bonchev–Trinajstić information content (AvgIpc) is 3.18. The molecule has 6 nitrogen and oxygen atoms in total. The molecule has 2 saturated heterocycles. The van der Waals surface area contributed by atoms with Crippen LogP contribution >= 0.6 is 0 Å². The second-order valence-electron chi connectivity index (χ2n) is 5.07. The first-order valence-electron chi connectivity index (χ1n) is 6.98. The molecular weight excluding hydrogens is 260 g/mol. The Morgan fingerprint density at radius 2 is 2.00 bits per heavy atom. The van der Waals surface area contributed by atoms with E-state index < -0.39 is 0 Å². The zero-order chi connectivity index (χ0) is 13.9. The van der Waals surface area contributed by atoms with Crippen LogP contribution in [-0.2, 0) is 9.53 Å². The van der Waals surface area contributed by atoms with E-state index in [0.29, 0.717) is 38.6 Å². The normalized spacial score (nSPS) is 23.1. The van der Waals surface area contributed by atoms with Crippen molar-refractivity contribution in [2.45, 2.75) is 18.9 Å². The monoisotopic (exact) mass is 278 g/mol. The van der Waals surface area contributed by atoms with Gasteiger partial charge in [-0.25, -0.2) is 0 Å². The third kappa shape index (κ3) is 2.43. The van der Waals surface area contributed by atoms with Gasteiger partial charge in [0.15, 0.2) is 5.76 Å². The summed E-state index contributed by atoms with van der Waals surface area (Å²) in [5.74, 6) is 0.136. The summed E-state index contributed by atoms with van der Waals surface area (Å²) in [6.45, 7) is 2.98. The van der Waals surface area contributed by atoms with Crippen LogP contribution in [0.4, 0.5) is 0 Å². The number of furan rings is 1. The van der Waals surface area contributed by atoms with Crippen molar-refractivity contribution in [2.75, 3.05) is 32.8 Å². The van der Waals surface area contributed by atoms with Gasteiger partial charge in [0, 0.05) is 19.6 Å². The summed E-state index contributed by atoms with van der Waals surface area (Å²) in [6.07, 6.45) is 3.05. The number of hydrogen-bond acceptors (Lipinski definition) is 4. The number of morpholine rings is 1. The molecule has 0 N–H and O–H groups in total. The number of hydrogen-bond donors (Lipinski definition) is 0. The Kier molecular flexibility index (Phi) is 3.73. The van der Waals surface area contributed by atoms with E-state index in [1.54, 1.807) is 21.9 Å². The fraction of sp³-hybridized carbons (Fsp3) is 0.571. The van der Waals surface area contributed by atoms with Crippen LogP contribution in [0.5, 0.6) is 0 Å². The van der Waals surface area contributed by atoms with Crippen molar-refractivity contribution in [1.29, 1.82) is 0 Å². The van der Waals surface area contributed by atoms with Gasteiger partial charge in [-0.2, -0.15) is 0 Å². The summed E-state index contributed by atoms with van der Waals surface area (Å²) >= 11 is 0. The minimum atomic E-state index is -0.356. The van der Waals surface area contributed by atoms with Crippen molar-refractivity contribution in [3.63, 3.8) is 0 Å². The fourth-order valence-electron chi connectivity index (χ4n) is 2.80. The Bertz CT molecular complexity index is 479. The van der Waals surface area contributed by atoms with Crippen LogP contribution in [0.2, 0.25) is 0 Å². The summed E-state index contributed by atoms with van der Waals surface area (Å²) in [6, 6.07) is 2.96. The van der Waals surface area contributed by atoms with Crippen molar-refractivity contribution in [3.8, 4) is 0 Å². The average molecular weight is 278 g/mol. The molecule has 108 valence electrons. The summed E-state index contributed by atoms with van der Waals surface area (Å²) in [5, 5.41) is 0. The molecular formula is C14H18N2O4. The number of rotatable bonds is 2. The van der Waals surface area contributed by atoms with Crippen LogP contribution in [-0.4, -0.2) is 60.5 Å². The molecule has 0 radical (unpaired) electrons. The molecule has 3 rings (SSSR count). The molecule has 0 saturated carbocycles. The van der Waals surface area contributed by atoms with E-state index in [9.17, 15) is 9.59 Å². The van der Waals surface area contributed by atoms with Crippen molar-refractivity contribution in [1.82, 2.24) is 9.80 Å². The standard InChI is InChI=1S/C14H18N2O4/c17-13(15-6-9-19-10-7-15)11-3-1-5-16(11)14(18)12-4-2-8-20-12/h2,4,8,11H,1,3,5-7,9-10H2/t11-/m1/s1. The lowest BCUT2D eigenvalue weighted by Crippen LogP contribution is -2.51. The maximum atomic E-state index is 12.5. The SMILES string of the molecule is O=C([C@H]1CCCN1C(=O)c1ccco1)N1CCOCC1. The first-order chi connectivity index (χ1) is 9.77. The van der Waals surface area contributed by atoms with Gasteiger partial charge in [-0.1, -0.05) is 0 Å². The third-order valence-electron chi connectivity index (χ3n) is 3.85. The van der Waals surface area contributed by atoms with Crippen molar-refractivity contribution < 1.29 is 18.7 Å². The van der Waals surface area contributed by atoms with E-state index in [1.807, 2.05) is 0 Å². The van der Waals surface area contributed by atoms with Crippen LogP contribution in [0.1, 0.15) is 23.4 Å². The van der Waals surface area contributed by atoms with Gasteiger partial charge in [0.1, 0.15) is 6.04 Å². The predicted octanol–water partition coefficient (Wildman–Crippen LogP) is 0.743. The Balaban J connectivity index is 1.71. The van der Waals surface area contributed by atoms with Gasteiger partial charge < -0.3 is 19.0 Å². The second kappa shape index (κ2) is 5.66. The topological polar surface area (TPSA) is 63.0 Å². The first kappa shape index (κ1) is 13.2. The highest BCUT2D eigenvalue weighted by Gasteiger charge is 2.37. The van der Waals surface area contributed by atoms with E-state index >= 15 is 0 Å². The van der Waals surface area contributed by atoms with Gasteiger partial charge in [-0.15, -0.1) is 0 Å². The molecule has 3 heterocycles. The lowest BCUT2D eigenvalue weighted by atomic mass is 10.1. The number of amides is 2. The molecule has 2 aliphatic rings. The van der Waals surface area contributed by atoms with Gasteiger partial charge in [0.2, 0.25) is 5.91 Å². The van der Waals surface area contributed by atoms with Gasteiger partial charge in [0.05, 0.1) is 19.5 Å². The molecule has 0 bridgehead atoms. The third-order valence-corrected chi connectivity index (χ3v) is 3.85. The molecule has 2 fully saturated rings. The summed E-state index contributed by atoms with van der Waals surface area (Å²) in [4.78, 5) is 28.3. The van der Waals surface area contributed by atoms with Crippen molar-refractivity contribution in [3.05, 3.63) is 24.2 Å². The minimum Gasteiger partial charge on any atom is -0.459 e. The molecule has 0 aromatic carbocycles.